The smallest absolute Gasteiger partial charge is 0.257 e. The van der Waals surface area contributed by atoms with Gasteiger partial charge in [0.25, 0.3) is 5.91 Å². The number of hydrogen-bond donors (Lipinski definition) is 1. The van der Waals surface area contributed by atoms with Crippen molar-refractivity contribution in [3.05, 3.63) is 80.2 Å². The van der Waals surface area contributed by atoms with Gasteiger partial charge in [0.05, 0.1) is 33.6 Å². The third kappa shape index (κ3) is 5.83. The van der Waals surface area contributed by atoms with Gasteiger partial charge in [0.1, 0.15) is 11.9 Å². The minimum Gasteiger partial charge on any atom is -0.356 e. The Hall–Kier alpha value is -2.66. The van der Waals surface area contributed by atoms with Crippen LogP contribution < -0.4 is 10.2 Å². The van der Waals surface area contributed by atoms with Crippen molar-refractivity contribution in [2.75, 3.05) is 30.8 Å². The first-order valence-corrected chi connectivity index (χ1v) is 14.4. The standard InChI is InChI=1S/C24H22Cl2FN3O4S2/c1-36(33,34)17-5-7-21(27)18(12-17)24(32)29-8-9-30(15-4-6-19(25)20(26)11-15)22(14-29)23(31)28-13-16-3-2-10-35-16/h2-7,10-12,22H,8-9,13-14H2,1H3,(H,28,31)/t22-/m0/s1. The molecule has 0 spiro atoms. The van der Waals surface area contributed by atoms with E-state index in [1.165, 1.54) is 16.2 Å². The van der Waals surface area contributed by atoms with Crippen LogP contribution in [0.5, 0.6) is 0 Å². The summed E-state index contributed by atoms with van der Waals surface area (Å²) in [4.78, 5) is 30.5. The first kappa shape index (κ1) is 26.4. The molecule has 0 bridgehead atoms. The van der Waals surface area contributed by atoms with E-state index < -0.39 is 27.6 Å². The molecule has 36 heavy (non-hydrogen) atoms. The Bertz CT molecular complexity index is 1400. The number of rotatable bonds is 6. The van der Waals surface area contributed by atoms with Gasteiger partial charge in [-0.25, -0.2) is 12.8 Å². The van der Waals surface area contributed by atoms with Crippen LogP contribution in [0.15, 0.2) is 58.8 Å². The van der Waals surface area contributed by atoms with E-state index in [9.17, 15) is 22.4 Å². The average Bonchev–Trinajstić information content (AvgIpc) is 3.37. The van der Waals surface area contributed by atoms with Crippen molar-refractivity contribution in [2.45, 2.75) is 17.5 Å². The van der Waals surface area contributed by atoms with Crippen LogP contribution in [-0.4, -0.2) is 57.1 Å². The molecular weight excluding hydrogens is 548 g/mol. The van der Waals surface area contributed by atoms with E-state index >= 15 is 0 Å². The molecule has 190 valence electrons. The maximum atomic E-state index is 14.6. The molecule has 4 rings (SSSR count). The summed E-state index contributed by atoms with van der Waals surface area (Å²) in [5.74, 6) is -1.85. The second kappa shape index (κ2) is 10.8. The molecule has 7 nitrogen and oxygen atoms in total. The second-order valence-electron chi connectivity index (χ2n) is 8.27. The number of carbonyl (C=O) groups is 2. The van der Waals surface area contributed by atoms with Crippen molar-refractivity contribution >= 4 is 61.9 Å². The highest BCUT2D eigenvalue weighted by Crippen LogP contribution is 2.30. The lowest BCUT2D eigenvalue weighted by Gasteiger charge is -2.42. The number of nitrogens with zero attached hydrogens (tertiary/aromatic N) is 2. The van der Waals surface area contributed by atoms with Gasteiger partial charge >= 0.3 is 0 Å². The van der Waals surface area contributed by atoms with E-state index in [2.05, 4.69) is 5.32 Å². The van der Waals surface area contributed by atoms with Crippen molar-refractivity contribution in [3.8, 4) is 0 Å². The normalized spacial score (nSPS) is 16.2. The Morgan fingerprint density at radius 3 is 2.56 bits per heavy atom. The van der Waals surface area contributed by atoms with Gasteiger partial charge in [-0.2, -0.15) is 0 Å². The number of hydrogen-bond acceptors (Lipinski definition) is 6. The van der Waals surface area contributed by atoms with Crippen molar-refractivity contribution in [1.29, 1.82) is 0 Å². The molecule has 3 aromatic rings. The lowest BCUT2D eigenvalue weighted by Crippen LogP contribution is -2.60. The minimum absolute atomic E-state index is 0.0438. The van der Waals surface area contributed by atoms with E-state index in [1.54, 1.807) is 18.2 Å². The van der Waals surface area contributed by atoms with Crippen LogP contribution in [0.2, 0.25) is 10.0 Å². The summed E-state index contributed by atoms with van der Waals surface area (Å²) in [6.07, 6.45) is 0.985. The number of anilines is 1. The number of carbonyl (C=O) groups excluding carboxylic acids is 2. The fourth-order valence-corrected chi connectivity index (χ4v) is 5.52. The predicted octanol–water partition coefficient (Wildman–Crippen LogP) is 4.24. The third-order valence-corrected chi connectivity index (χ3v) is 8.54. The van der Waals surface area contributed by atoms with Gasteiger partial charge in [0, 0.05) is 29.9 Å². The van der Waals surface area contributed by atoms with Gasteiger partial charge in [0.2, 0.25) is 5.91 Å². The summed E-state index contributed by atoms with van der Waals surface area (Å²) in [5, 5.41) is 5.50. The number of sulfone groups is 1. The number of halogens is 3. The topological polar surface area (TPSA) is 86.8 Å². The summed E-state index contributed by atoms with van der Waals surface area (Å²) in [6, 6.07) is 11.1. The van der Waals surface area contributed by atoms with E-state index in [1.807, 2.05) is 22.4 Å². The third-order valence-electron chi connectivity index (χ3n) is 5.82. The molecule has 2 amide bonds. The second-order valence-corrected chi connectivity index (χ2v) is 12.1. The van der Waals surface area contributed by atoms with Crippen molar-refractivity contribution < 1.29 is 22.4 Å². The lowest BCUT2D eigenvalue weighted by atomic mass is 10.1. The van der Waals surface area contributed by atoms with Crippen LogP contribution in [0.1, 0.15) is 15.2 Å². The van der Waals surface area contributed by atoms with Gasteiger partial charge in [-0.05, 0) is 47.8 Å². The van der Waals surface area contributed by atoms with Crippen molar-refractivity contribution in [1.82, 2.24) is 10.2 Å². The number of nitrogens with one attached hydrogen (secondary N) is 1. The quantitative estimate of drug-likeness (QED) is 0.448. The summed E-state index contributed by atoms with van der Waals surface area (Å²) in [7, 11) is -3.64. The summed E-state index contributed by atoms with van der Waals surface area (Å²) in [6.45, 7) is 0.712. The van der Waals surface area contributed by atoms with Gasteiger partial charge in [-0.15, -0.1) is 11.3 Å². The number of thiophene rings is 1. The summed E-state index contributed by atoms with van der Waals surface area (Å²) in [5.41, 5.74) is 0.289. The Morgan fingerprint density at radius 1 is 1.11 bits per heavy atom. The zero-order valence-electron chi connectivity index (χ0n) is 19.1. The highest BCUT2D eigenvalue weighted by atomic mass is 35.5. The molecule has 1 aliphatic rings. The number of piperazine rings is 1. The average molecular weight is 570 g/mol. The van der Waals surface area contributed by atoms with E-state index in [4.69, 9.17) is 23.2 Å². The first-order valence-electron chi connectivity index (χ1n) is 10.9. The van der Waals surface area contributed by atoms with Gasteiger partial charge in [0.15, 0.2) is 9.84 Å². The SMILES string of the molecule is CS(=O)(=O)c1ccc(F)c(C(=O)N2CCN(c3ccc(Cl)c(Cl)c3)[C@H](C(=O)NCc3cccs3)C2)c1. The van der Waals surface area contributed by atoms with Crippen molar-refractivity contribution in [3.63, 3.8) is 0 Å². The van der Waals surface area contributed by atoms with Crippen LogP contribution in [0.25, 0.3) is 0 Å². The Balaban J connectivity index is 1.62. The van der Waals surface area contributed by atoms with E-state index in [-0.39, 0.29) is 36.0 Å². The van der Waals surface area contributed by atoms with Gasteiger partial charge in [-0.1, -0.05) is 29.3 Å². The molecule has 0 unspecified atom stereocenters. The molecule has 2 heterocycles. The molecule has 0 saturated carbocycles. The lowest BCUT2D eigenvalue weighted by molar-refractivity contribution is -0.123. The number of amides is 2. The Labute approximate surface area is 222 Å². The Kier molecular flexibility index (Phi) is 7.89. The molecule has 12 heteroatoms. The molecule has 1 atom stereocenters. The molecule has 1 aliphatic heterocycles. The Morgan fingerprint density at radius 2 is 1.89 bits per heavy atom. The molecule has 0 radical (unpaired) electrons. The van der Waals surface area contributed by atoms with E-state index in [0.717, 1.165) is 29.3 Å². The van der Waals surface area contributed by atoms with Gasteiger partial charge in [-0.3, -0.25) is 9.59 Å². The molecule has 0 aliphatic carbocycles. The maximum Gasteiger partial charge on any atom is 0.257 e. The largest absolute Gasteiger partial charge is 0.356 e. The maximum absolute atomic E-state index is 14.6. The molecule has 1 aromatic heterocycles. The first-order chi connectivity index (χ1) is 17.0. The number of benzene rings is 2. The molecular formula is C24H22Cl2FN3O4S2. The monoisotopic (exact) mass is 569 g/mol. The van der Waals surface area contributed by atoms with Crippen molar-refractivity contribution in [2.24, 2.45) is 0 Å². The zero-order chi connectivity index (χ0) is 26.0. The van der Waals surface area contributed by atoms with Crippen LogP contribution in [-0.2, 0) is 21.2 Å². The summed E-state index contributed by atoms with van der Waals surface area (Å²) >= 11 is 13.8. The van der Waals surface area contributed by atoms with Crippen LogP contribution in [0, 0.1) is 5.82 Å². The predicted molar refractivity (Wildman–Crippen MR) is 139 cm³/mol. The minimum atomic E-state index is -3.64. The van der Waals surface area contributed by atoms with Crippen LogP contribution in [0.4, 0.5) is 10.1 Å². The highest BCUT2D eigenvalue weighted by molar-refractivity contribution is 7.90. The zero-order valence-corrected chi connectivity index (χ0v) is 22.2. The molecule has 1 saturated heterocycles. The molecule has 1 fully saturated rings. The summed E-state index contributed by atoms with van der Waals surface area (Å²) < 4.78 is 38.4. The van der Waals surface area contributed by atoms with Crippen LogP contribution in [0.3, 0.4) is 0 Å². The molecule has 1 N–H and O–H groups in total. The van der Waals surface area contributed by atoms with E-state index in [0.29, 0.717) is 22.3 Å². The van der Waals surface area contributed by atoms with Crippen LogP contribution >= 0.6 is 34.5 Å². The fraction of sp³-hybridized carbons (Fsp3) is 0.250. The highest BCUT2D eigenvalue weighted by Gasteiger charge is 2.36. The fourth-order valence-electron chi connectivity index (χ4n) is 3.94. The van der Waals surface area contributed by atoms with Gasteiger partial charge < -0.3 is 15.1 Å². The molecule has 2 aromatic carbocycles.